The van der Waals surface area contributed by atoms with Gasteiger partial charge >= 0.3 is 0 Å². The number of nitrogens with zero attached hydrogens (tertiary/aromatic N) is 3. The molecule has 1 aromatic heterocycles. The Labute approximate surface area is 110 Å². The number of allylic oxidation sites excluding steroid dienone is 2. The molecule has 0 N–H and O–H groups in total. The van der Waals surface area contributed by atoms with Crippen LogP contribution in [-0.2, 0) is 17.5 Å². The fourth-order valence-corrected chi connectivity index (χ4v) is 2.66. The highest BCUT2D eigenvalue weighted by Crippen LogP contribution is 2.14. The summed E-state index contributed by atoms with van der Waals surface area (Å²) in [5.74, 6) is 0. The van der Waals surface area contributed by atoms with E-state index < -0.39 is 10.8 Å². The first-order valence-corrected chi connectivity index (χ1v) is 7.72. The zero-order valence-corrected chi connectivity index (χ0v) is 11.7. The summed E-state index contributed by atoms with van der Waals surface area (Å²) in [6.45, 7) is 3.79. The highest BCUT2D eigenvalue weighted by atomic mass is 32.2. The molecular weight excluding hydrogens is 246 g/mol. The van der Waals surface area contributed by atoms with E-state index in [1.165, 1.54) is 12.0 Å². The summed E-state index contributed by atoms with van der Waals surface area (Å²) >= 11 is 0. The van der Waals surface area contributed by atoms with Gasteiger partial charge in [-0.15, -0.1) is 0 Å². The van der Waals surface area contributed by atoms with Gasteiger partial charge < -0.3 is 9.47 Å². The quantitative estimate of drug-likeness (QED) is 0.818. The number of hydrogen-bond donors (Lipinski definition) is 0. The molecule has 98 valence electrons. The Balaban J connectivity index is 1.98. The van der Waals surface area contributed by atoms with Crippen molar-refractivity contribution in [2.75, 3.05) is 12.8 Å². The van der Waals surface area contributed by atoms with Crippen LogP contribution in [0.5, 0.6) is 0 Å². The molecule has 1 atom stereocenters. The lowest BCUT2D eigenvalue weighted by Crippen LogP contribution is -2.24. The number of rotatable bonds is 5. The first-order valence-electron chi connectivity index (χ1n) is 6.16. The third-order valence-electron chi connectivity index (χ3n) is 2.89. The van der Waals surface area contributed by atoms with Crippen LogP contribution < -0.4 is 0 Å². The number of imidazole rings is 1. The van der Waals surface area contributed by atoms with Gasteiger partial charge in [0.05, 0.1) is 17.5 Å². The summed E-state index contributed by atoms with van der Waals surface area (Å²) < 4.78 is 13.4. The van der Waals surface area contributed by atoms with Gasteiger partial charge in [-0.3, -0.25) is 4.21 Å². The predicted octanol–water partition coefficient (Wildman–Crippen LogP) is 2.13. The van der Waals surface area contributed by atoms with Crippen LogP contribution in [0, 0.1) is 0 Å². The SMILES string of the molecule is CCCC1=CCN(Cn2ccnc2S(C)=O)C=C1. The van der Waals surface area contributed by atoms with Gasteiger partial charge in [0.15, 0.2) is 5.16 Å². The molecule has 0 fully saturated rings. The molecule has 0 aliphatic carbocycles. The van der Waals surface area contributed by atoms with Gasteiger partial charge in [0.25, 0.3) is 0 Å². The molecule has 0 saturated heterocycles. The minimum Gasteiger partial charge on any atom is -0.356 e. The van der Waals surface area contributed by atoms with Gasteiger partial charge in [-0.05, 0) is 18.1 Å². The molecule has 18 heavy (non-hydrogen) atoms. The molecule has 0 spiro atoms. The molecule has 1 aromatic rings. The Morgan fingerprint density at radius 2 is 2.33 bits per heavy atom. The van der Waals surface area contributed by atoms with Crippen molar-refractivity contribution >= 4 is 10.8 Å². The van der Waals surface area contributed by atoms with Crippen molar-refractivity contribution in [1.29, 1.82) is 0 Å². The minimum absolute atomic E-state index is 0.631. The molecule has 1 unspecified atom stereocenters. The van der Waals surface area contributed by atoms with Crippen LogP contribution in [0.2, 0.25) is 0 Å². The van der Waals surface area contributed by atoms with Crippen molar-refractivity contribution in [2.45, 2.75) is 31.6 Å². The summed E-state index contributed by atoms with van der Waals surface area (Å²) in [5, 5.41) is 0.631. The highest BCUT2D eigenvalue weighted by molar-refractivity contribution is 7.84. The zero-order chi connectivity index (χ0) is 13.0. The number of aromatic nitrogens is 2. The van der Waals surface area contributed by atoms with Gasteiger partial charge in [0.2, 0.25) is 0 Å². The lowest BCUT2D eigenvalue weighted by atomic mass is 10.1. The van der Waals surface area contributed by atoms with E-state index in [1.807, 2.05) is 10.8 Å². The molecule has 0 bridgehead atoms. The summed E-state index contributed by atoms with van der Waals surface area (Å²) in [6.07, 6.45) is 14.1. The molecule has 0 saturated carbocycles. The maximum absolute atomic E-state index is 11.5. The molecule has 4 nitrogen and oxygen atoms in total. The van der Waals surface area contributed by atoms with Crippen molar-refractivity contribution in [2.24, 2.45) is 0 Å². The van der Waals surface area contributed by atoms with Crippen LogP contribution in [0.3, 0.4) is 0 Å². The second-order valence-electron chi connectivity index (χ2n) is 4.39. The Hall–Kier alpha value is -1.36. The Kier molecular flexibility index (Phi) is 4.36. The molecule has 1 aliphatic rings. The van der Waals surface area contributed by atoms with Crippen LogP contribution in [0.4, 0.5) is 0 Å². The molecule has 5 heteroatoms. The van der Waals surface area contributed by atoms with Gasteiger partial charge in [-0.25, -0.2) is 4.98 Å². The van der Waals surface area contributed by atoms with Gasteiger partial charge in [0.1, 0.15) is 0 Å². The second-order valence-corrected chi connectivity index (χ2v) is 5.66. The predicted molar refractivity (Wildman–Crippen MR) is 73.4 cm³/mol. The van der Waals surface area contributed by atoms with Crippen LogP contribution in [-0.4, -0.2) is 31.5 Å². The third kappa shape index (κ3) is 3.10. The van der Waals surface area contributed by atoms with Crippen molar-refractivity contribution < 1.29 is 4.21 Å². The summed E-state index contributed by atoms with van der Waals surface area (Å²) in [6, 6.07) is 0. The van der Waals surface area contributed by atoms with Crippen LogP contribution in [0.1, 0.15) is 19.8 Å². The lowest BCUT2D eigenvalue weighted by molar-refractivity contribution is 0.315. The van der Waals surface area contributed by atoms with Crippen molar-refractivity contribution in [3.05, 3.63) is 36.3 Å². The largest absolute Gasteiger partial charge is 0.356 e. The molecule has 2 rings (SSSR count). The normalized spacial score (nSPS) is 16.8. The summed E-state index contributed by atoms with van der Waals surface area (Å²) in [7, 11) is -1.04. The Morgan fingerprint density at radius 1 is 1.50 bits per heavy atom. The molecular formula is C13H19N3OS. The molecule has 0 amide bonds. The smallest absolute Gasteiger partial charge is 0.200 e. The van der Waals surface area contributed by atoms with E-state index in [4.69, 9.17) is 0 Å². The van der Waals surface area contributed by atoms with E-state index >= 15 is 0 Å². The van der Waals surface area contributed by atoms with E-state index in [-0.39, 0.29) is 0 Å². The average Bonchev–Trinajstić information content (AvgIpc) is 2.80. The zero-order valence-electron chi connectivity index (χ0n) is 10.9. The second kappa shape index (κ2) is 6.00. The van der Waals surface area contributed by atoms with Crippen LogP contribution in [0.15, 0.2) is 41.5 Å². The first kappa shape index (κ1) is 13.1. The van der Waals surface area contributed by atoms with E-state index in [0.29, 0.717) is 11.8 Å². The lowest BCUT2D eigenvalue weighted by Gasteiger charge is -2.23. The van der Waals surface area contributed by atoms with E-state index in [0.717, 1.165) is 13.0 Å². The van der Waals surface area contributed by atoms with Gasteiger partial charge in [-0.2, -0.15) is 0 Å². The fraction of sp³-hybridized carbons (Fsp3) is 0.462. The molecule has 0 radical (unpaired) electrons. The average molecular weight is 265 g/mol. The minimum atomic E-state index is -1.04. The van der Waals surface area contributed by atoms with E-state index in [2.05, 4.69) is 35.2 Å². The van der Waals surface area contributed by atoms with E-state index in [9.17, 15) is 4.21 Å². The molecule has 1 aliphatic heterocycles. The molecule has 2 heterocycles. The first-order chi connectivity index (χ1) is 8.70. The van der Waals surface area contributed by atoms with Gasteiger partial charge in [0, 0.05) is 31.4 Å². The van der Waals surface area contributed by atoms with E-state index in [1.54, 1.807) is 12.5 Å². The standard InChI is InChI=1S/C13H19N3OS/c1-3-4-12-5-8-15(9-6-12)11-16-10-7-14-13(16)18(2)17/h5-8,10H,3-4,9,11H2,1-2H3. The Bertz CT molecular complexity index is 490. The third-order valence-corrected chi connectivity index (χ3v) is 3.75. The van der Waals surface area contributed by atoms with Crippen molar-refractivity contribution in [3.63, 3.8) is 0 Å². The van der Waals surface area contributed by atoms with Crippen LogP contribution in [0.25, 0.3) is 0 Å². The van der Waals surface area contributed by atoms with Gasteiger partial charge in [-0.1, -0.05) is 19.4 Å². The summed E-state index contributed by atoms with van der Waals surface area (Å²) in [4.78, 5) is 6.30. The fourth-order valence-electron chi connectivity index (χ4n) is 2.00. The monoisotopic (exact) mass is 265 g/mol. The van der Waals surface area contributed by atoms with Crippen molar-refractivity contribution in [1.82, 2.24) is 14.5 Å². The maximum Gasteiger partial charge on any atom is 0.200 e. The molecule has 0 aromatic carbocycles. The van der Waals surface area contributed by atoms with Crippen molar-refractivity contribution in [3.8, 4) is 0 Å². The summed E-state index contributed by atoms with van der Waals surface area (Å²) in [5.41, 5.74) is 1.40. The number of hydrogen-bond acceptors (Lipinski definition) is 3. The highest BCUT2D eigenvalue weighted by Gasteiger charge is 2.10. The Morgan fingerprint density at radius 3 is 2.94 bits per heavy atom. The topological polar surface area (TPSA) is 38.1 Å². The van der Waals surface area contributed by atoms with Crippen LogP contribution >= 0.6 is 0 Å². The maximum atomic E-state index is 11.5.